The van der Waals surface area contributed by atoms with Gasteiger partial charge in [0, 0.05) is 17.7 Å². The maximum Gasteiger partial charge on any atom is 0.227 e. The van der Waals surface area contributed by atoms with Crippen LogP contribution in [0.1, 0.15) is 47.0 Å². The molecular weight excluding hydrogens is 290 g/mol. The predicted octanol–water partition coefficient (Wildman–Crippen LogP) is 4.44. The van der Waals surface area contributed by atoms with Crippen LogP contribution in [-0.2, 0) is 4.79 Å². The summed E-state index contributed by atoms with van der Waals surface area (Å²) in [5.74, 6) is 1.42. The number of carbonyl (C=O) groups is 1. The standard InChI is InChI=1S/C19H29NO3/c1-12(2)14-8-9-19(3,4)11-15(14)18(22)20-13-6-7-17(23-5)16(21)10-13/h6-7,10,12,14-15,21H,8-9,11H2,1-5H3,(H,20,22). The number of anilines is 1. The smallest absolute Gasteiger partial charge is 0.227 e. The zero-order chi connectivity index (χ0) is 17.2. The number of carbonyl (C=O) groups excluding carboxylic acids is 1. The van der Waals surface area contributed by atoms with E-state index < -0.39 is 0 Å². The quantitative estimate of drug-likeness (QED) is 0.862. The lowest BCUT2D eigenvalue weighted by atomic mass is 9.64. The van der Waals surface area contributed by atoms with Gasteiger partial charge in [-0.15, -0.1) is 0 Å². The van der Waals surface area contributed by atoms with E-state index in [1.165, 1.54) is 19.6 Å². The van der Waals surface area contributed by atoms with Crippen molar-refractivity contribution < 1.29 is 14.6 Å². The number of amides is 1. The minimum absolute atomic E-state index is 0.0167. The van der Waals surface area contributed by atoms with Crippen LogP contribution in [0.4, 0.5) is 5.69 Å². The van der Waals surface area contributed by atoms with Crippen LogP contribution in [0, 0.1) is 23.2 Å². The largest absolute Gasteiger partial charge is 0.504 e. The maximum atomic E-state index is 12.8. The van der Waals surface area contributed by atoms with Crippen LogP contribution in [0.15, 0.2) is 18.2 Å². The van der Waals surface area contributed by atoms with Crippen molar-refractivity contribution in [2.24, 2.45) is 23.2 Å². The Morgan fingerprint density at radius 3 is 2.65 bits per heavy atom. The van der Waals surface area contributed by atoms with E-state index in [9.17, 15) is 9.90 Å². The number of benzene rings is 1. The Kier molecular flexibility index (Phi) is 5.23. The highest BCUT2D eigenvalue weighted by Gasteiger charge is 2.39. The molecule has 2 N–H and O–H groups in total. The van der Waals surface area contributed by atoms with E-state index in [4.69, 9.17) is 4.74 Å². The van der Waals surface area contributed by atoms with E-state index in [-0.39, 0.29) is 23.0 Å². The number of nitrogens with one attached hydrogen (secondary N) is 1. The molecule has 0 saturated heterocycles. The third-order valence-electron chi connectivity index (χ3n) is 5.08. The zero-order valence-electron chi connectivity index (χ0n) is 14.8. The maximum absolute atomic E-state index is 12.8. The zero-order valence-corrected chi connectivity index (χ0v) is 14.8. The number of ether oxygens (including phenoxy) is 1. The Hall–Kier alpha value is -1.71. The molecule has 0 radical (unpaired) electrons. The highest BCUT2D eigenvalue weighted by atomic mass is 16.5. The summed E-state index contributed by atoms with van der Waals surface area (Å²) in [6, 6.07) is 4.96. The van der Waals surface area contributed by atoms with Gasteiger partial charge >= 0.3 is 0 Å². The number of methoxy groups -OCH3 is 1. The number of phenolic OH excluding ortho intramolecular Hbond substituents is 1. The van der Waals surface area contributed by atoms with Gasteiger partial charge in [0.2, 0.25) is 5.91 Å². The van der Waals surface area contributed by atoms with Crippen molar-refractivity contribution in [1.82, 2.24) is 0 Å². The van der Waals surface area contributed by atoms with Crippen LogP contribution in [0.3, 0.4) is 0 Å². The van der Waals surface area contributed by atoms with Gasteiger partial charge in [0.25, 0.3) is 0 Å². The lowest BCUT2D eigenvalue weighted by Crippen LogP contribution is -2.39. The first-order chi connectivity index (χ1) is 10.7. The molecule has 2 atom stereocenters. The summed E-state index contributed by atoms with van der Waals surface area (Å²) < 4.78 is 5.03. The minimum atomic E-state index is 0.0167. The number of hydrogen-bond donors (Lipinski definition) is 2. The molecule has 0 spiro atoms. The van der Waals surface area contributed by atoms with Crippen LogP contribution in [0.5, 0.6) is 11.5 Å². The molecule has 128 valence electrons. The van der Waals surface area contributed by atoms with Gasteiger partial charge in [-0.1, -0.05) is 27.7 Å². The van der Waals surface area contributed by atoms with Crippen molar-refractivity contribution in [2.45, 2.75) is 47.0 Å². The van der Waals surface area contributed by atoms with Crippen molar-refractivity contribution >= 4 is 11.6 Å². The fraction of sp³-hybridized carbons (Fsp3) is 0.632. The third-order valence-corrected chi connectivity index (χ3v) is 5.08. The SMILES string of the molecule is COc1ccc(NC(=O)C2CC(C)(C)CCC2C(C)C)cc1O. The van der Waals surface area contributed by atoms with Crippen molar-refractivity contribution in [1.29, 1.82) is 0 Å². The highest BCUT2D eigenvalue weighted by Crippen LogP contribution is 2.45. The minimum Gasteiger partial charge on any atom is -0.504 e. The molecule has 1 aliphatic carbocycles. The van der Waals surface area contributed by atoms with E-state index >= 15 is 0 Å². The van der Waals surface area contributed by atoms with Crippen molar-refractivity contribution in [3.8, 4) is 11.5 Å². The van der Waals surface area contributed by atoms with Gasteiger partial charge < -0.3 is 15.2 Å². The van der Waals surface area contributed by atoms with E-state index in [0.29, 0.717) is 23.3 Å². The number of aromatic hydroxyl groups is 1. The molecule has 1 aromatic carbocycles. The van der Waals surface area contributed by atoms with Crippen molar-refractivity contribution in [3.05, 3.63) is 18.2 Å². The molecule has 4 nitrogen and oxygen atoms in total. The van der Waals surface area contributed by atoms with E-state index in [1.54, 1.807) is 12.1 Å². The van der Waals surface area contributed by atoms with E-state index in [2.05, 4.69) is 33.0 Å². The van der Waals surface area contributed by atoms with Crippen molar-refractivity contribution in [2.75, 3.05) is 12.4 Å². The average Bonchev–Trinajstić information content (AvgIpc) is 2.46. The first kappa shape index (κ1) is 17.6. The summed E-state index contributed by atoms with van der Waals surface area (Å²) in [6.07, 6.45) is 3.17. The Morgan fingerprint density at radius 1 is 1.39 bits per heavy atom. The molecule has 4 heteroatoms. The molecule has 1 fully saturated rings. The Labute approximate surface area is 139 Å². The van der Waals surface area contributed by atoms with Gasteiger partial charge in [-0.05, 0) is 48.6 Å². The summed E-state index contributed by atoms with van der Waals surface area (Å²) >= 11 is 0. The first-order valence-electron chi connectivity index (χ1n) is 8.41. The molecule has 1 aromatic rings. The van der Waals surface area contributed by atoms with Crippen LogP contribution >= 0.6 is 0 Å². The van der Waals surface area contributed by atoms with Crippen LogP contribution in [-0.4, -0.2) is 18.1 Å². The molecule has 0 heterocycles. The number of hydrogen-bond acceptors (Lipinski definition) is 3. The Bertz CT molecular complexity index is 566. The Morgan fingerprint density at radius 2 is 2.09 bits per heavy atom. The van der Waals surface area contributed by atoms with Gasteiger partial charge in [0.05, 0.1) is 7.11 Å². The number of rotatable bonds is 4. The average molecular weight is 319 g/mol. The molecule has 0 aromatic heterocycles. The van der Waals surface area contributed by atoms with Gasteiger partial charge in [-0.2, -0.15) is 0 Å². The lowest BCUT2D eigenvalue weighted by Gasteiger charge is -2.41. The second-order valence-corrected chi connectivity index (χ2v) is 7.80. The summed E-state index contributed by atoms with van der Waals surface area (Å²) in [5, 5.41) is 12.8. The molecule has 1 amide bonds. The summed E-state index contributed by atoms with van der Waals surface area (Å²) in [7, 11) is 1.50. The topological polar surface area (TPSA) is 58.6 Å². The molecule has 1 aliphatic rings. The van der Waals surface area contributed by atoms with Gasteiger partial charge in [0.1, 0.15) is 0 Å². The second-order valence-electron chi connectivity index (χ2n) is 7.80. The molecule has 0 bridgehead atoms. The van der Waals surface area contributed by atoms with Gasteiger partial charge in [-0.3, -0.25) is 4.79 Å². The molecular formula is C19H29NO3. The molecule has 23 heavy (non-hydrogen) atoms. The normalized spacial score (nSPS) is 23.6. The van der Waals surface area contributed by atoms with Crippen molar-refractivity contribution in [3.63, 3.8) is 0 Å². The van der Waals surface area contributed by atoms with Gasteiger partial charge in [0.15, 0.2) is 11.5 Å². The fourth-order valence-electron chi connectivity index (χ4n) is 3.70. The monoisotopic (exact) mass is 319 g/mol. The molecule has 2 rings (SSSR count). The molecule has 2 unspecified atom stereocenters. The lowest BCUT2D eigenvalue weighted by molar-refractivity contribution is -0.125. The first-order valence-corrected chi connectivity index (χ1v) is 8.41. The molecule has 1 saturated carbocycles. The summed E-state index contributed by atoms with van der Waals surface area (Å²) in [5.41, 5.74) is 0.814. The molecule has 0 aliphatic heterocycles. The third kappa shape index (κ3) is 4.18. The van der Waals surface area contributed by atoms with Crippen LogP contribution < -0.4 is 10.1 Å². The fourth-order valence-corrected chi connectivity index (χ4v) is 3.70. The summed E-state index contributed by atoms with van der Waals surface area (Å²) in [4.78, 5) is 12.8. The predicted molar refractivity (Wildman–Crippen MR) is 92.7 cm³/mol. The van der Waals surface area contributed by atoms with Gasteiger partial charge in [-0.25, -0.2) is 0 Å². The Balaban J connectivity index is 2.15. The number of phenols is 1. The van der Waals surface area contributed by atoms with E-state index in [1.807, 2.05) is 0 Å². The van der Waals surface area contributed by atoms with Crippen LogP contribution in [0.25, 0.3) is 0 Å². The second kappa shape index (κ2) is 6.81. The van der Waals surface area contributed by atoms with E-state index in [0.717, 1.165) is 12.8 Å². The summed E-state index contributed by atoms with van der Waals surface area (Å²) in [6.45, 7) is 8.87. The van der Waals surface area contributed by atoms with Crippen LogP contribution in [0.2, 0.25) is 0 Å². The highest BCUT2D eigenvalue weighted by molar-refractivity contribution is 5.93.